The van der Waals surface area contributed by atoms with Crippen molar-refractivity contribution >= 4 is 17.8 Å². The quantitative estimate of drug-likeness (QED) is 0.638. The van der Waals surface area contributed by atoms with E-state index in [4.69, 9.17) is 0 Å². The number of methoxy groups -OCH3 is 1. The summed E-state index contributed by atoms with van der Waals surface area (Å²) in [6.45, 7) is -0.156. The van der Waals surface area contributed by atoms with E-state index in [1.54, 1.807) is 12.1 Å². The number of amides is 2. The molecule has 0 N–H and O–H groups in total. The molecule has 0 bridgehead atoms. The van der Waals surface area contributed by atoms with E-state index in [2.05, 4.69) is 9.72 Å². The molecule has 1 aromatic carbocycles. The van der Waals surface area contributed by atoms with Gasteiger partial charge >= 0.3 is 5.97 Å². The number of carbonyl (C=O) groups is 3. The van der Waals surface area contributed by atoms with Gasteiger partial charge in [0.05, 0.1) is 30.5 Å². The van der Waals surface area contributed by atoms with Gasteiger partial charge in [0.1, 0.15) is 11.5 Å². The first-order valence-electron chi connectivity index (χ1n) is 6.72. The van der Waals surface area contributed by atoms with Crippen LogP contribution in [0, 0.1) is 5.82 Å². The van der Waals surface area contributed by atoms with Gasteiger partial charge in [-0.1, -0.05) is 12.1 Å². The third-order valence-corrected chi connectivity index (χ3v) is 3.47. The van der Waals surface area contributed by atoms with Crippen LogP contribution in [0.4, 0.5) is 4.39 Å². The van der Waals surface area contributed by atoms with E-state index < -0.39 is 23.6 Å². The van der Waals surface area contributed by atoms with Crippen LogP contribution in [0.3, 0.4) is 0 Å². The van der Waals surface area contributed by atoms with Crippen LogP contribution in [-0.2, 0) is 11.3 Å². The first kappa shape index (κ1) is 14.8. The highest BCUT2D eigenvalue weighted by Gasteiger charge is 2.37. The Hall–Kier alpha value is -3.09. The maximum Gasteiger partial charge on any atom is 0.356 e. The minimum absolute atomic E-state index is 0.0270. The molecule has 0 unspecified atom stereocenters. The highest BCUT2D eigenvalue weighted by molar-refractivity contribution is 6.21. The van der Waals surface area contributed by atoms with Gasteiger partial charge in [0.15, 0.2) is 0 Å². The monoisotopic (exact) mass is 314 g/mol. The Balaban J connectivity index is 1.91. The highest BCUT2D eigenvalue weighted by Crippen LogP contribution is 2.26. The third kappa shape index (κ3) is 2.46. The van der Waals surface area contributed by atoms with E-state index in [-0.39, 0.29) is 23.4 Å². The zero-order valence-corrected chi connectivity index (χ0v) is 12.1. The van der Waals surface area contributed by atoms with E-state index in [0.717, 1.165) is 11.0 Å². The van der Waals surface area contributed by atoms with Gasteiger partial charge in [-0.05, 0) is 24.3 Å². The Morgan fingerprint density at radius 3 is 2.61 bits per heavy atom. The molecule has 0 aliphatic carbocycles. The summed E-state index contributed by atoms with van der Waals surface area (Å²) >= 11 is 0. The third-order valence-electron chi connectivity index (χ3n) is 3.47. The SMILES string of the molecule is COC(=O)c1cccc(CN2C(=O)c3cccc(F)c3C2=O)n1. The fraction of sp³-hybridized carbons (Fsp3) is 0.125. The largest absolute Gasteiger partial charge is 0.464 e. The normalized spacial score (nSPS) is 13.2. The summed E-state index contributed by atoms with van der Waals surface area (Å²) in [4.78, 5) is 40.9. The molecule has 116 valence electrons. The molecule has 2 amide bonds. The van der Waals surface area contributed by atoms with Crippen LogP contribution in [-0.4, -0.2) is 34.8 Å². The summed E-state index contributed by atoms with van der Waals surface area (Å²) in [6.07, 6.45) is 0. The van der Waals surface area contributed by atoms with Crippen LogP contribution in [0.1, 0.15) is 36.9 Å². The van der Waals surface area contributed by atoms with Crippen molar-refractivity contribution in [1.82, 2.24) is 9.88 Å². The first-order valence-corrected chi connectivity index (χ1v) is 6.72. The summed E-state index contributed by atoms with van der Waals surface area (Å²) in [5, 5.41) is 0. The standard InChI is InChI=1S/C16H11FN2O4/c1-23-16(22)12-7-2-4-9(18-12)8-19-14(20)10-5-3-6-11(17)13(10)15(19)21/h2-7H,8H2,1H3. The minimum atomic E-state index is -0.736. The minimum Gasteiger partial charge on any atom is -0.464 e. The Labute approximate surface area is 130 Å². The van der Waals surface area contributed by atoms with Crippen molar-refractivity contribution in [2.24, 2.45) is 0 Å². The second-order valence-electron chi connectivity index (χ2n) is 4.86. The van der Waals surface area contributed by atoms with Crippen LogP contribution in [0.2, 0.25) is 0 Å². The van der Waals surface area contributed by atoms with E-state index in [0.29, 0.717) is 5.69 Å². The van der Waals surface area contributed by atoms with Gasteiger partial charge in [0.2, 0.25) is 0 Å². The van der Waals surface area contributed by atoms with Gasteiger partial charge in [-0.2, -0.15) is 0 Å². The number of rotatable bonds is 3. The summed E-state index contributed by atoms with van der Waals surface area (Å²) < 4.78 is 18.3. The molecule has 6 nitrogen and oxygen atoms in total. The van der Waals surface area contributed by atoms with Gasteiger partial charge in [-0.3, -0.25) is 14.5 Å². The maximum absolute atomic E-state index is 13.8. The van der Waals surface area contributed by atoms with E-state index in [9.17, 15) is 18.8 Å². The molecular weight excluding hydrogens is 303 g/mol. The van der Waals surface area contributed by atoms with Crippen molar-refractivity contribution in [3.63, 3.8) is 0 Å². The zero-order chi connectivity index (χ0) is 16.6. The van der Waals surface area contributed by atoms with Crippen LogP contribution in [0.15, 0.2) is 36.4 Å². The number of fused-ring (bicyclic) bond motifs is 1. The lowest BCUT2D eigenvalue weighted by Crippen LogP contribution is -2.29. The second-order valence-corrected chi connectivity index (χ2v) is 4.86. The fourth-order valence-electron chi connectivity index (χ4n) is 2.38. The Kier molecular flexibility index (Phi) is 3.61. The Morgan fingerprint density at radius 2 is 1.91 bits per heavy atom. The molecule has 1 aliphatic heterocycles. The average Bonchev–Trinajstić information content (AvgIpc) is 2.80. The number of pyridine rings is 1. The summed E-state index contributed by atoms with van der Waals surface area (Å²) in [5.41, 5.74) is 0.177. The summed E-state index contributed by atoms with van der Waals surface area (Å²) in [7, 11) is 1.23. The average molecular weight is 314 g/mol. The molecular formula is C16H11FN2O4. The smallest absolute Gasteiger partial charge is 0.356 e. The first-order chi connectivity index (χ1) is 11.0. The van der Waals surface area contributed by atoms with Crippen molar-refractivity contribution in [1.29, 1.82) is 0 Å². The number of carbonyl (C=O) groups excluding carboxylic acids is 3. The Bertz CT molecular complexity index is 835. The molecule has 0 atom stereocenters. The van der Waals surface area contributed by atoms with Gasteiger partial charge < -0.3 is 4.74 Å². The number of esters is 1. The molecule has 0 saturated heterocycles. The zero-order valence-electron chi connectivity index (χ0n) is 12.1. The van der Waals surface area contributed by atoms with Crippen LogP contribution < -0.4 is 0 Å². The second kappa shape index (κ2) is 5.60. The molecule has 23 heavy (non-hydrogen) atoms. The lowest BCUT2D eigenvalue weighted by Gasteiger charge is -2.13. The van der Waals surface area contributed by atoms with Crippen LogP contribution in [0.25, 0.3) is 0 Å². The van der Waals surface area contributed by atoms with Crippen molar-refractivity contribution < 1.29 is 23.5 Å². The van der Waals surface area contributed by atoms with Gasteiger partial charge in [0, 0.05) is 0 Å². The van der Waals surface area contributed by atoms with Crippen molar-refractivity contribution in [3.8, 4) is 0 Å². The van der Waals surface area contributed by atoms with Crippen molar-refractivity contribution in [2.75, 3.05) is 7.11 Å². The van der Waals surface area contributed by atoms with E-state index in [1.807, 2.05) is 0 Å². The number of aromatic nitrogens is 1. The lowest BCUT2D eigenvalue weighted by atomic mass is 10.1. The number of imide groups is 1. The number of ether oxygens (including phenoxy) is 1. The molecule has 7 heteroatoms. The Morgan fingerprint density at radius 1 is 1.17 bits per heavy atom. The molecule has 2 aromatic rings. The molecule has 0 spiro atoms. The van der Waals surface area contributed by atoms with E-state index in [1.165, 1.54) is 25.3 Å². The molecule has 0 saturated carbocycles. The van der Waals surface area contributed by atoms with Gasteiger partial charge in [-0.15, -0.1) is 0 Å². The molecule has 1 aliphatic rings. The number of hydrogen-bond donors (Lipinski definition) is 0. The summed E-state index contributed by atoms with van der Waals surface area (Å²) in [6, 6.07) is 8.48. The molecule has 1 aromatic heterocycles. The number of halogens is 1. The van der Waals surface area contributed by atoms with E-state index >= 15 is 0 Å². The summed E-state index contributed by atoms with van der Waals surface area (Å²) in [5.74, 6) is -2.66. The van der Waals surface area contributed by atoms with Gasteiger partial charge in [0.25, 0.3) is 11.8 Å². The highest BCUT2D eigenvalue weighted by atomic mass is 19.1. The predicted octanol–water partition coefficient (Wildman–Crippen LogP) is 1.80. The van der Waals surface area contributed by atoms with Gasteiger partial charge in [-0.25, -0.2) is 14.2 Å². The fourth-order valence-corrected chi connectivity index (χ4v) is 2.38. The predicted molar refractivity (Wildman–Crippen MR) is 76.2 cm³/mol. The maximum atomic E-state index is 13.8. The lowest BCUT2D eigenvalue weighted by molar-refractivity contribution is 0.0593. The number of nitrogens with zero attached hydrogens (tertiary/aromatic N) is 2. The van der Waals surface area contributed by atoms with Crippen molar-refractivity contribution in [2.45, 2.75) is 6.54 Å². The molecule has 2 heterocycles. The van der Waals surface area contributed by atoms with Crippen molar-refractivity contribution in [3.05, 3.63) is 64.7 Å². The van der Waals surface area contributed by atoms with Crippen LogP contribution >= 0.6 is 0 Å². The topological polar surface area (TPSA) is 76.6 Å². The molecule has 0 radical (unpaired) electrons. The number of hydrogen-bond acceptors (Lipinski definition) is 5. The molecule has 0 fully saturated rings. The van der Waals surface area contributed by atoms with Crippen LogP contribution in [0.5, 0.6) is 0 Å². The number of benzene rings is 1. The molecule has 3 rings (SSSR count).